The van der Waals surface area contributed by atoms with Crippen LogP contribution < -0.4 is 0 Å². The number of hydrogen-bond donors (Lipinski definition) is 3. The Hall–Kier alpha value is -2.37. The van der Waals surface area contributed by atoms with Gasteiger partial charge in [0.1, 0.15) is 0 Å². The van der Waals surface area contributed by atoms with Crippen molar-refractivity contribution in [2.75, 3.05) is 0 Å². The summed E-state index contributed by atoms with van der Waals surface area (Å²) in [6.07, 6.45) is 15.5. The van der Waals surface area contributed by atoms with Crippen LogP contribution in [0.4, 0.5) is 0 Å². The maximum absolute atomic E-state index is 12.7. The van der Waals surface area contributed by atoms with Gasteiger partial charge in [-0.1, -0.05) is 119 Å². The molecule has 0 amide bonds. The van der Waals surface area contributed by atoms with Gasteiger partial charge in [-0.3, -0.25) is 0 Å². The molecule has 0 atom stereocenters. The number of aromatic carboxylic acids is 3. The van der Waals surface area contributed by atoms with E-state index in [9.17, 15) is 29.7 Å². The van der Waals surface area contributed by atoms with Gasteiger partial charge in [0.05, 0.1) is 16.7 Å². The molecule has 0 spiro atoms. The molecule has 3 N–H and O–H groups in total. The van der Waals surface area contributed by atoms with Crippen LogP contribution >= 0.6 is 0 Å². The summed E-state index contributed by atoms with van der Waals surface area (Å²) in [6.45, 7) is 13.2. The van der Waals surface area contributed by atoms with Crippen LogP contribution in [0.2, 0.25) is 0 Å². The highest BCUT2D eigenvalue weighted by atomic mass is 16.4. The molecular weight excluding hydrogens is 528 g/mol. The SMILES string of the molecule is CC(C)CCCCCCc1c(C(=O)O)c(CCCCCCC(C)C)c(C(=O)O)c(CCCCCCC(C)C)c1C(=O)O. The fourth-order valence-corrected chi connectivity index (χ4v) is 6.07. The molecule has 0 unspecified atom stereocenters. The second-order valence-electron chi connectivity index (χ2n) is 13.5. The molecule has 0 saturated heterocycles. The van der Waals surface area contributed by atoms with Crippen molar-refractivity contribution in [3.8, 4) is 0 Å². The molecule has 6 heteroatoms. The van der Waals surface area contributed by atoms with Crippen LogP contribution in [-0.2, 0) is 19.3 Å². The van der Waals surface area contributed by atoms with Gasteiger partial charge in [-0.05, 0) is 73.0 Å². The number of unbranched alkanes of at least 4 members (excludes halogenated alkanes) is 9. The Balaban J connectivity index is 3.44. The van der Waals surface area contributed by atoms with Crippen molar-refractivity contribution < 1.29 is 29.7 Å². The molecule has 0 fully saturated rings. The van der Waals surface area contributed by atoms with Crippen LogP contribution in [0.1, 0.15) is 186 Å². The van der Waals surface area contributed by atoms with E-state index in [4.69, 9.17) is 0 Å². The zero-order valence-corrected chi connectivity index (χ0v) is 27.5. The summed E-state index contributed by atoms with van der Waals surface area (Å²) in [4.78, 5) is 38.2. The van der Waals surface area contributed by atoms with Crippen molar-refractivity contribution in [3.05, 3.63) is 33.4 Å². The molecule has 0 aliphatic rings. The number of rotatable bonds is 24. The second-order valence-corrected chi connectivity index (χ2v) is 13.5. The third-order valence-corrected chi connectivity index (χ3v) is 8.33. The lowest BCUT2D eigenvalue weighted by atomic mass is 9.81. The van der Waals surface area contributed by atoms with E-state index in [0.29, 0.717) is 73.0 Å². The summed E-state index contributed by atoms with van der Waals surface area (Å²) in [5.41, 5.74) is 0.759. The monoisotopic (exact) mass is 588 g/mol. The quantitative estimate of drug-likeness (QED) is 0.104. The molecule has 0 bridgehead atoms. The maximum Gasteiger partial charge on any atom is 0.336 e. The van der Waals surface area contributed by atoms with Crippen molar-refractivity contribution >= 4 is 17.9 Å². The zero-order chi connectivity index (χ0) is 31.7. The Morgan fingerprint density at radius 3 is 0.810 bits per heavy atom. The van der Waals surface area contributed by atoms with E-state index >= 15 is 0 Å². The van der Waals surface area contributed by atoms with Gasteiger partial charge in [0.25, 0.3) is 0 Å². The Labute approximate surface area is 255 Å². The van der Waals surface area contributed by atoms with Gasteiger partial charge in [0, 0.05) is 0 Å². The van der Waals surface area contributed by atoms with Crippen LogP contribution in [0.25, 0.3) is 0 Å². The highest BCUT2D eigenvalue weighted by Gasteiger charge is 2.32. The van der Waals surface area contributed by atoms with E-state index in [1.165, 1.54) is 0 Å². The van der Waals surface area contributed by atoms with E-state index < -0.39 is 17.9 Å². The van der Waals surface area contributed by atoms with E-state index in [0.717, 1.165) is 77.0 Å². The van der Waals surface area contributed by atoms with Crippen LogP contribution in [-0.4, -0.2) is 33.2 Å². The zero-order valence-electron chi connectivity index (χ0n) is 27.5. The van der Waals surface area contributed by atoms with E-state index in [1.807, 2.05) is 0 Å². The van der Waals surface area contributed by atoms with E-state index in [2.05, 4.69) is 41.5 Å². The summed E-state index contributed by atoms with van der Waals surface area (Å²) in [6, 6.07) is 0. The summed E-state index contributed by atoms with van der Waals surface area (Å²) in [5.74, 6) is -1.76. The smallest absolute Gasteiger partial charge is 0.336 e. The van der Waals surface area contributed by atoms with Gasteiger partial charge in [-0.25, -0.2) is 14.4 Å². The highest BCUT2D eigenvalue weighted by Crippen LogP contribution is 2.33. The van der Waals surface area contributed by atoms with Gasteiger partial charge >= 0.3 is 17.9 Å². The average molecular weight is 589 g/mol. The normalized spacial score (nSPS) is 11.6. The average Bonchev–Trinajstić information content (AvgIpc) is 2.88. The van der Waals surface area contributed by atoms with Gasteiger partial charge in [0.15, 0.2) is 0 Å². The number of benzene rings is 1. The molecule has 0 aliphatic heterocycles. The Kier molecular flexibility index (Phi) is 18.4. The maximum atomic E-state index is 12.7. The van der Waals surface area contributed by atoms with Crippen molar-refractivity contribution in [1.29, 1.82) is 0 Å². The van der Waals surface area contributed by atoms with Crippen LogP contribution in [0.15, 0.2) is 0 Å². The van der Waals surface area contributed by atoms with E-state index in [-0.39, 0.29) is 16.7 Å². The molecule has 0 saturated carbocycles. The minimum atomic E-state index is -1.22. The second kappa shape index (κ2) is 20.5. The topological polar surface area (TPSA) is 112 Å². The number of carbonyl (C=O) groups is 3. The van der Waals surface area contributed by atoms with Gasteiger partial charge in [-0.15, -0.1) is 0 Å². The lowest BCUT2D eigenvalue weighted by molar-refractivity contribution is 0.0693. The molecule has 0 radical (unpaired) electrons. The molecule has 240 valence electrons. The molecule has 42 heavy (non-hydrogen) atoms. The number of hydrogen-bond acceptors (Lipinski definition) is 3. The van der Waals surface area contributed by atoms with Crippen molar-refractivity contribution in [3.63, 3.8) is 0 Å². The third-order valence-electron chi connectivity index (χ3n) is 8.33. The van der Waals surface area contributed by atoms with Gasteiger partial charge < -0.3 is 15.3 Å². The molecule has 0 heterocycles. The van der Waals surface area contributed by atoms with Gasteiger partial charge in [-0.2, -0.15) is 0 Å². The summed E-state index contributed by atoms with van der Waals surface area (Å²) >= 11 is 0. The molecular formula is C36H60O6. The van der Waals surface area contributed by atoms with Crippen LogP contribution in [0.3, 0.4) is 0 Å². The fourth-order valence-electron chi connectivity index (χ4n) is 6.07. The lowest BCUT2D eigenvalue weighted by Crippen LogP contribution is -2.22. The summed E-state index contributed by atoms with van der Waals surface area (Å²) < 4.78 is 0. The first kappa shape index (κ1) is 37.7. The number of carboxylic acid groups (broad SMARTS) is 3. The predicted molar refractivity (Wildman–Crippen MR) is 172 cm³/mol. The molecule has 1 rings (SSSR count). The van der Waals surface area contributed by atoms with Gasteiger partial charge in [0.2, 0.25) is 0 Å². The number of carboxylic acids is 3. The van der Waals surface area contributed by atoms with E-state index in [1.54, 1.807) is 0 Å². The first-order valence-corrected chi connectivity index (χ1v) is 16.8. The molecule has 1 aromatic carbocycles. The fraction of sp³-hybridized carbons (Fsp3) is 0.750. The Morgan fingerprint density at radius 2 is 0.619 bits per heavy atom. The van der Waals surface area contributed by atoms with Crippen molar-refractivity contribution in [1.82, 2.24) is 0 Å². The first-order chi connectivity index (χ1) is 19.9. The van der Waals surface area contributed by atoms with Crippen LogP contribution in [0.5, 0.6) is 0 Å². The first-order valence-electron chi connectivity index (χ1n) is 16.8. The molecule has 1 aromatic rings. The predicted octanol–water partition coefficient (Wildman–Crippen LogP) is 10.2. The Morgan fingerprint density at radius 1 is 0.405 bits per heavy atom. The molecule has 6 nitrogen and oxygen atoms in total. The Bertz CT molecular complexity index is 831. The van der Waals surface area contributed by atoms with Crippen LogP contribution in [0, 0.1) is 17.8 Å². The largest absolute Gasteiger partial charge is 0.478 e. The minimum absolute atomic E-state index is 0.0742. The highest BCUT2D eigenvalue weighted by molar-refractivity contribution is 6.05. The minimum Gasteiger partial charge on any atom is -0.478 e. The molecule has 0 aliphatic carbocycles. The summed E-state index contributed by atoms with van der Waals surface area (Å²) in [7, 11) is 0. The van der Waals surface area contributed by atoms with Crippen molar-refractivity contribution in [2.24, 2.45) is 17.8 Å². The van der Waals surface area contributed by atoms with Crippen molar-refractivity contribution in [2.45, 2.75) is 157 Å². The standard InChI is InChI=1S/C36H60O6/c1-25(2)19-13-7-10-16-22-28-31(34(37)38)29(23-17-11-8-14-20-26(3)4)33(36(41)42)30(32(28)35(39)40)24-18-12-9-15-21-27(5)6/h25-27H,7-24H2,1-6H3,(H,37,38)(H,39,40)(H,41,42). The molecule has 0 aromatic heterocycles. The summed E-state index contributed by atoms with van der Waals surface area (Å²) in [5, 5.41) is 31.2. The lowest BCUT2D eigenvalue weighted by Gasteiger charge is -2.22. The third kappa shape index (κ3) is 13.7.